The van der Waals surface area contributed by atoms with Crippen LogP contribution in [-0.4, -0.2) is 10.2 Å². The Labute approximate surface area is 194 Å². The van der Waals surface area contributed by atoms with Gasteiger partial charge in [-0.15, -0.1) is 0 Å². The van der Waals surface area contributed by atoms with Crippen molar-refractivity contribution in [1.29, 1.82) is 0 Å². The molecule has 10 heteroatoms. The molecule has 0 spiro atoms. The molecular weight excluding hydrogens is 490 g/mol. The fourth-order valence-corrected chi connectivity index (χ4v) is 4.45. The lowest BCUT2D eigenvalue weighted by Crippen LogP contribution is -2.27. The van der Waals surface area contributed by atoms with E-state index in [0.29, 0.717) is 25.7 Å². The van der Waals surface area contributed by atoms with Crippen LogP contribution in [0.15, 0.2) is 63.9 Å². The van der Waals surface area contributed by atoms with Gasteiger partial charge >= 0.3 is 6.18 Å². The average Bonchev–Trinajstić information content (AvgIpc) is 3.28. The standard InChI is InChI=1S/C21H10Cl2F3NO2S2/c22-15-6-4-13(9-16(15)23)27-19(28)18(31-20(27)30)10-14-5-7-17(29-14)11-2-1-3-12(8-11)21(24,25)26/h1-10H/b18-10-. The summed E-state index contributed by atoms with van der Waals surface area (Å²) in [7, 11) is 0. The number of carbonyl (C=O) groups excluding carboxylic acids is 1. The van der Waals surface area contributed by atoms with Crippen LogP contribution in [-0.2, 0) is 11.0 Å². The Morgan fingerprint density at radius 2 is 1.81 bits per heavy atom. The Morgan fingerprint density at radius 3 is 2.52 bits per heavy atom. The normalized spacial score (nSPS) is 15.9. The minimum Gasteiger partial charge on any atom is -0.457 e. The second-order valence-electron chi connectivity index (χ2n) is 6.40. The molecule has 0 atom stereocenters. The van der Waals surface area contributed by atoms with Gasteiger partial charge in [-0.25, -0.2) is 0 Å². The molecule has 0 saturated carbocycles. The molecule has 158 valence electrons. The number of anilines is 1. The second-order valence-corrected chi connectivity index (χ2v) is 8.89. The second kappa shape index (κ2) is 8.35. The molecule has 0 radical (unpaired) electrons. The molecule has 0 N–H and O–H groups in total. The molecule has 1 saturated heterocycles. The molecule has 4 rings (SSSR count). The van der Waals surface area contributed by atoms with E-state index >= 15 is 0 Å². The van der Waals surface area contributed by atoms with Crippen LogP contribution in [0.25, 0.3) is 17.4 Å². The van der Waals surface area contributed by atoms with E-state index in [1.54, 1.807) is 24.3 Å². The van der Waals surface area contributed by atoms with Crippen molar-refractivity contribution in [3.63, 3.8) is 0 Å². The number of furan rings is 1. The fourth-order valence-electron chi connectivity index (χ4n) is 2.88. The van der Waals surface area contributed by atoms with Crippen molar-refractivity contribution in [3.05, 3.63) is 80.9 Å². The predicted molar refractivity (Wildman–Crippen MR) is 121 cm³/mol. The number of alkyl halides is 3. The lowest BCUT2D eigenvalue weighted by molar-refractivity contribution is -0.137. The molecule has 0 bridgehead atoms. The first kappa shape index (κ1) is 22.0. The molecule has 2 heterocycles. The lowest BCUT2D eigenvalue weighted by Gasteiger charge is -2.15. The number of hydrogen-bond donors (Lipinski definition) is 0. The van der Waals surface area contributed by atoms with E-state index in [4.69, 9.17) is 39.8 Å². The van der Waals surface area contributed by atoms with Gasteiger partial charge in [-0.05, 0) is 42.5 Å². The molecule has 1 fully saturated rings. The Hall–Kier alpha value is -2.26. The zero-order valence-corrected chi connectivity index (χ0v) is 18.4. The van der Waals surface area contributed by atoms with Crippen molar-refractivity contribution in [2.45, 2.75) is 6.18 Å². The molecular formula is C21H10Cl2F3NO2S2. The highest BCUT2D eigenvalue weighted by Crippen LogP contribution is 2.39. The maximum Gasteiger partial charge on any atom is 0.416 e. The van der Waals surface area contributed by atoms with Crippen LogP contribution < -0.4 is 4.90 Å². The molecule has 1 aliphatic heterocycles. The third-order valence-corrected chi connectivity index (χ3v) is 6.37. The Bertz CT molecular complexity index is 1240. The summed E-state index contributed by atoms with van der Waals surface area (Å²) in [6.07, 6.45) is -2.96. The Kier molecular flexibility index (Phi) is 5.91. The van der Waals surface area contributed by atoms with Gasteiger partial charge in [0, 0.05) is 11.6 Å². The number of rotatable bonds is 3. The van der Waals surface area contributed by atoms with Crippen LogP contribution in [0.1, 0.15) is 11.3 Å². The summed E-state index contributed by atoms with van der Waals surface area (Å²) in [6.45, 7) is 0. The van der Waals surface area contributed by atoms with Crippen molar-refractivity contribution in [2.75, 3.05) is 4.90 Å². The van der Waals surface area contributed by atoms with Gasteiger partial charge in [0.2, 0.25) is 0 Å². The number of amides is 1. The SMILES string of the molecule is O=C1/C(=C/c2ccc(-c3cccc(C(F)(F)F)c3)o2)SC(=S)N1c1ccc(Cl)c(Cl)c1. The van der Waals surface area contributed by atoms with Gasteiger partial charge in [-0.1, -0.05) is 59.3 Å². The van der Waals surface area contributed by atoms with Crippen molar-refractivity contribution in [3.8, 4) is 11.3 Å². The molecule has 1 amide bonds. The predicted octanol–water partition coefficient (Wildman–Crippen LogP) is 7.68. The number of nitrogens with zero attached hydrogens (tertiary/aromatic N) is 1. The van der Waals surface area contributed by atoms with E-state index in [1.807, 2.05) is 0 Å². The summed E-state index contributed by atoms with van der Waals surface area (Å²) in [5, 5.41) is 0.637. The first-order chi connectivity index (χ1) is 14.6. The number of benzene rings is 2. The van der Waals surface area contributed by atoms with Gasteiger partial charge in [0.15, 0.2) is 4.32 Å². The highest BCUT2D eigenvalue weighted by molar-refractivity contribution is 8.27. The smallest absolute Gasteiger partial charge is 0.416 e. The molecule has 1 aliphatic rings. The zero-order valence-electron chi connectivity index (χ0n) is 15.2. The van der Waals surface area contributed by atoms with Crippen molar-refractivity contribution < 1.29 is 22.4 Å². The van der Waals surface area contributed by atoms with Crippen LogP contribution in [0.4, 0.5) is 18.9 Å². The first-order valence-electron chi connectivity index (χ1n) is 8.64. The third kappa shape index (κ3) is 4.52. The summed E-state index contributed by atoms with van der Waals surface area (Å²) in [4.78, 5) is 14.5. The maximum absolute atomic E-state index is 12.9. The largest absolute Gasteiger partial charge is 0.457 e. The Morgan fingerprint density at radius 1 is 1.03 bits per heavy atom. The van der Waals surface area contributed by atoms with Gasteiger partial charge in [0.25, 0.3) is 5.91 Å². The fraction of sp³-hybridized carbons (Fsp3) is 0.0476. The average molecular weight is 500 g/mol. The molecule has 3 nitrogen and oxygen atoms in total. The van der Waals surface area contributed by atoms with E-state index in [0.717, 1.165) is 23.9 Å². The van der Waals surface area contributed by atoms with Crippen LogP contribution in [0.2, 0.25) is 10.0 Å². The van der Waals surface area contributed by atoms with E-state index in [9.17, 15) is 18.0 Å². The quantitative estimate of drug-likeness (QED) is 0.273. The molecule has 0 unspecified atom stereocenters. The number of thioether (sulfide) groups is 1. The highest BCUT2D eigenvalue weighted by Gasteiger charge is 2.34. The topological polar surface area (TPSA) is 33.5 Å². The van der Waals surface area contributed by atoms with Gasteiger partial charge in [0.1, 0.15) is 11.5 Å². The minimum absolute atomic E-state index is 0.248. The first-order valence-corrected chi connectivity index (χ1v) is 10.6. The summed E-state index contributed by atoms with van der Waals surface area (Å²) in [5.41, 5.74) is -0.0207. The van der Waals surface area contributed by atoms with Crippen LogP contribution >= 0.6 is 47.2 Å². The number of thiocarbonyl (C=S) groups is 1. The highest BCUT2D eigenvalue weighted by atomic mass is 35.5. The van der Waals surface area contributed by atoms with E-state index in [-0.39, 0.29) is 22.3 Å². The van der Waals surface area contributed by atoms with E-state index in [1.165, 1.54) is 29.2 Å². The number of hydrogen-bond acceptors (Lipinski definition) is 4. The molecule has 3 aromatic rings. The maximum atomic E-state index is 12.9. The van der Waals surface area contributed by atoms with E-state index in [2.05, 4.69) is 0 Å². The Balaban J connectivity index is 1.60. The van der Waals surface area contributed by atoms with Crippen LogP contribution in [0.5, 0.6) is 0 Å². The molecule has 31 heavy (non-hydrogen) atoms. The summed E-state index contributed by atoms with van der Waals surface area (Å²) < 4.78 is 44.8. The van der Waals surface area contributed by atoms with Crippen LogP contribution in [0.3, 0.4) is 0 Å². The molecule has 1 aromatic heterocycles. The van der Waals surface area contributed by atoms with E-state index < -0.39 is 11.7 Å². The van der Waals surface area contributed by atoms with Crippen molar-refractivity contribution in [1.82, 2.24) is 0 Å². The van der Waals surface area contributed by atoms with Gasteiger partial charge in [0.05, 0.1) is 26.2 Å². The van der Waals surface area contributed by atoms with Crippen LogP contribution in [0, 0.1) is 0 Å². The number of halogens is 5. The van der Waals surface area contributed by atoms with Gasteiger partial charge in [-0.2, -0.15) is 13.2 Å². The van der Waals surface area contributed by atoms with Gasteiger partial charge in [-0.3, -0.25) is 9.69 Å². The minimum atomic E-state index is -4.45. The summed E-state index contributed by atoms with van der Waals surface area (Å²) >= 11 is 18.3. The third-order valence-electron chi connectivity index (χ3n) is 4.33. The lowest BCUT2D eigenvalue weighted by atomic mass is 10.1. The zero-order chi connectivity index (χ0) is 22.3. The van der Waals surface area contributed by atoms with Gasteiger partial charge < -0.3 is 4.42 Å². The molecule has 2 aromatic carbocycles. The summed E-state index contributed by atoms with van der Waals surface area (Å²) in [5.74, 6) is 0.185. The monoisotopic (exact) mass is 499 g/mol. The van der Waals surface area contributed by atoms with Crippen molar-refractivity contribution in [2.24, 2.45) is 0 Å². The molecule has 0 aliphatic carbocycles. The summed E-state index contributed by atoms with van der Waals surface area (Å²) in [6, 6.07) is 12.7. The number of carbonyl (C=O) groups is 1. The van der Waals surface area contributed by atoms with Crippen molar-refractivity contribution >= 4 is 69.2 Å².